The highest BCUT2D eigenvalue weighted by atomic mass is 16.6. The fraction of sp³-hybridized carbons (Fsp3) is 0.343. The number of pyridine rings is 2. The molecule has 0 unspecified atom stereocenters. The van der Waals surface area contributed by atoms with Crippen molar-refractivity contribution in [2.45, 2.75) is 101 Å². The Bertz CT molecular complexity index is 3100. The Morgan fingerprint density at radius 1 is 0.477 bits per heavy atom. The number of nitrogens with two attached hydrogens (primary N) is 1. The molecule has 8 aromatic rings. The van der Waals surface area contributed by atoms with Gasteiger partial charge in [-0.1, -0.05) is 133 Å². The summed E-state index contributed by atoms with van der Waals surface area (Å²) in [4.78, 5) is 58.7. The van der Waals surface area contributed by atoms with Gasteiger partial charge in [0.1, 0.15) is 36.9 Å². The van der Waals surface area contributed by atoms with Gasteiger partial charge in [0.2, 0.25) is 23.6 Å². The summed E-state index contributed by atoms with van der Waals surface area (Å²) >= 11 is 0. The van der Waals surface area contributed by atoms with Gasteiger partial charge in [-0.05, 0) is 148 Å². The number of aromatic nitrogens is 2. The van der Waals surface area contributed by atoms with Crippen molar-refractivity contribution >= 4 is 45.4 Å². The van der Waals surface area contributed by atoms with E-state index < -0.39 is 41.8 Å². The fourth-order valence-corrected chi connectivity index (χ4v) is 9.34. The highest BCUT2D eigenvalue weighted by Crippen LogP contribution is 2.26. The SMILES string of the molecule is NC(C(=O)NCCCCc1ccccc1)C(=O)NCCCCc1ccccc1.O=C(NCCCCc1ccccc1)C(NC[C@@H](O)COc1cccc2ncccc12)C(=O)NCCCCc1ccccc1.c1cc(OC[C@@H]2CO2)c2cccnc2c1. The fourth-order valence-electron chi connectivity index (χ4n) is 9.34. The number of hydrogen-bond donors (Lipinski definition) is 7. The number of benzene rings is 6. The van der Waals surface area contributed by atoms with E-state index >= 15 is 0 Å². The van der Waals surface area contributed by atoms with Gasteiger partial charge in [-0.15, -0.1) is 0 Å². The van der Waals surface area contributed by atoms with Crippen molar-refractivity contribution in [2.75, 3.05) is 52.5 Å². The summed E-state index contributed by atoms with van der Waals surface area (Å²) in [6.45, 7) is 3.46. The molecule has 0 saturated carbocycles. The predicted octanol–water partition coefficient (Wildman–Crippen LogP) is 8.82. The van der Waals surface area contributed by atoms with Gasteiger partial charge in [-0.3, -0.25) is 34.5 Å². The summed E-state index contributed by atoms with van der Waals surface area (Å²) in [5, 5.41) is 26.8. The van der Waals surface area contributed by atoms with Crippen LogP contribution in [0, 0.1) is 0 Å². The van der Waals surface area contributed by atoms with E-state index in [1.165, 1.54) is 22.3 Å². The number of unbranched alkanes of at least 4 members (excludes halogenated alkanes) is 4. The van der Waals surface area contributed by atoms with Crippen LogP contribution in [-0.2, 0) is 49.6 Å². The van der Waals surface area contributed by atoms with E-state index in [9.17, 15) is 24.3 Å². The van der Waals surface area contributed by atoms with Crippen LogP contribution in [0.25, 0.3) is 21.8 Å². The molecule has 0 aliphatic carbocycles. The molecule has 4 amide bonds. The summed E-state index contributed by atoms with van der Waals surface area (Å²) in [5.41, 5.74) is 12.6. The Hall–Kier alpha value is -8.54. The highest BCUT2D eigenvalue weighted by molar-refractivity contribution is 6.04. The molecule has 452 valence electrons. The van der Waals surface area contributed by atoms with E-state index in [1.807, 2.05) is 133 Å². The lowest BCUT2D eigenvalue weighted by Gasteiger charge is -2.20. The topological polar surface area (TPSA) is 231 Å². The second-order valence-electron chi connectivity index (χ2n) is 21.1. The molecule has 16 heteroatoms. The first-order valence-corrected chi connectivity index (χ1v) is 30.2. The summed E-state index contributed by atoms with van der Waals surface area (Å²) < 4.78 is 16.6. The van der Waals surface area contributed by atoms with Gasteiger partial charge in [0.15, 0.2) is 12.1 Å². The molecule has 0 radical (unpaired) electrons. The molecular formula is C70H84N8O8. The van der Waals surface area contributed by atoms with Crippen LogP contribution in [0.2, 0.25) is 0 Å². The standard InChI is InChI=1S/C35H42N4O4.C23H31N3O2.C12H11NO2/c40-29(26-43-32-21-11-20-31-30(32)19-12-24-36-31)25-39-33(34(41)37-22-9-7-17-27-13-3-1-4-14-27)35(42)38-23-10-8-18-28-15-5-2-6-16-28;24-21(22(27)25-17-9-7-15-19-11-3-1-4-12-19)23(28)26-18-10-8-16-20-13-5-2-6-14-20;1-4-11-10(3-2-6-13-11)12(5-1)15-8-9-7-14-9/h1-6,11-16,19-21,24,29,33,39-40H,7-10,17-18,22-23,25-26H2,(H,37,41)(H,38,42);1-6,11-14,21H,7-10,15-18,24H2,(H,25,27)(H,26,28);1-6,9H,7-8H2/t29-;;9-/m1.0/s1. The minimum absolute atomic E-state index is 0.00403. The lowest BCUT2D eigenvalue weighted by atomic mass is 10.1. The zero-order chi connectivity index (χ0) is 60.2. The molecule has 6 aromatic carbocycles. The lowest BCUT2D eigenvalue weighted by Crippen LogP contribution is -2.55. The number of hydrogen-bond acceptors (Lipinski definition) is 12. The number of nitrogens with zero attached hydrogens (tertiary/aromatic N) is 2. The smallest absolute Gasteiger partial charge is 0.246 e. The third-order valence-electron chi connectivity index (χ3n) is 14.3. The first-order chi connectivity index (χ1) is 42.2. The second-order valence-corrected chi connectivity index (χ2v) is 21.1. The number of aryl methyl sites for hydroxylation is 4. The number of rotatable bonds is 33. The molecule has 9 rings (SSSR count). The van der Waals surface area contributed by atoms with Crippen LogP contribution in [0.1, 0.15) is 73.6 Å². The van der Waals surface area contributed by atoms with E-state index in [0.717, 1.165) is 111 Å². The van der Waals surface area contributed by atoms with Crippen molar-refractivity contribution in [2.24, 2.45) is 5.73 Å². The van der Waals surface area contributed by atoms with Crippen molar-refractivity contribution in [3.63, 3.8) is 0 Å². The maximum absolute atomic E-state index is 13.1. The van der Waals surface area contributed by atoms with Crippen molar-refractivity contribution in [1.29, 1.82) is 0 Å². The maximum atomic E-state index is 13.1. The summed E-state index contributed by atoms with van der Waals surface area (Å²) in [5.74, 6) is -0.147. The number of aliphatic hydroxyl groups is 1. The zero-order valence-corrected chi connectivity index (χ0v) is 49.2. The van der Waals surface area contributed by atoms with Crippen LogP contribution in [0.15, 0.2) is 194 Å². The van der Waals surface area contributed by atoms with Crippen LogP contribution in [0.4, 0.5) is 0 Å². The third-order valence-corrected chi connectivity index (χ3v) is 14.3. The van der Waals surface area contributed by atoms with Crippen LogP contribution in [0.3, 0.4) is 0 Å². The maximum Gasteiger partial charge on any atom is 0.246 e. The number of epoxide rings is 1. The molecule has 0 bridgehead atoms. The van der Waals surface area contributed by atoms with Gasteiger partial charge in [-0.2, -0.15) is 0 Å². The van der Waals surface area contributed by atoms with Gasteiger partial charge in [0, 0.05) is 55.9 Å². The van der Waals surface area contributed by atoms with Crippen LogP contribution >= 0.6 is 0 Å². The minimum Gasteiger partial charge on any atom is -0.490 e. The zero-order valence-electron chi connectivity index (χ0n) is 49.2. The third kappa shape index (κ3) is 24.2. The number of nitrogens with one attached hydrogen (secondary N) is 5. The van der Waals surface area contributed by atoms with Crippen molar-refractivity contribution in [3.8, 4) is 11.5 Å². The first-order valence-electron chi connectivity index (χ1n) is 30.2. The van der Waals surface area contributed by atoms with Crippen molar-refractivity contribution in [1.82, 2.24) is 36.6 Å². The monoisotopic (exact) mass is 1160 g/mol. The number of fused-ring (bicyclic) bond motifs is 2. The van der Waals surface area contributed by atoms with Gasteiger partial charge in [-0.25, -0.2) is 0 Å². The van der Waals surface area contributed by atoms with Gasteiger partial charge >= 0.3 is 0 Å². The Labute approximate surface area is 506 Å². The molecule has 0 spiro atoms. The Balaban J connectivity index is 0.000000208. The number of carbonyl (C=O) groups is 4. The normalized spacial score (nSPS) is 12.7. The summed E-state index contributed by atoms with van der Waals surface area (Å²) in [6.07, 6.45) is 13.8. The van der Waals surface area contributed by atoms with E-state index in [2.05, 4.69) is 85.1 Å². The second kappa shape index (κ2) is 37.7. The van der Waals surface area contributed by atoms with E-state index in [4.69, 9.17) is 19.9 Å². The summed E-state index contributed by atoms with van der Waals surface area (Å²) in [6, 6.07) is 57.8. The minimum atomic E-state index is -1.15. The molecule has 86 heavy (non-hydrogen) atoms. The number of aliphatic hydroxyl groups excluding tert-OH is 1. The van der Waals surface area contributed by atoms with Crippen molar-refractivity contribution < 1.29 is 38.5 Å². The molecule has 1 fully saturated rings. The van der Waals surface area contributed by atoms with Crippen LogP contribution in [0.5, 0.6) is 11.5 Å². The number of amides is 4. The summed E-state index contributed by atoms with van der Waals surface area (Å²) in [7, 11) is 0. The Kier molecular flexibility index (Phi) is 28.5. The molecule has 1 aliphatic rings. The average molecular weight is 1170 g/mol. The molecule has 8 N–H and O–H groups in total. The Morgan fingerprint density at radius 3 is 1.23 bits per heavy atom. The molecule has 2 aromatic heterocycles. The van der Waals surface area contributed by atoms with Crippen LogP contribution < -0.4 is 41.8 Å². The largest absolute Gasteiger partial charge is 0.490 e. The number of carbonyl (C=O) groups excluding carboxylic acids is 4. The highest BCUT2D eigenvalue weighted by Gasteiger charge is 2.27. The van der Waals surface area contributed by atoms with E-state index in [-0.39, 0.29) is 19.3 Å². The lowest BCUT2D eigenvalue weighted by molar-refractivity contribution is -0.133. The molecule has 3 heterocycles. The average Bonchev–Trinajstić information content (AvgIpc) is 3.78. The van der Waals surface area contributed by atoms with E-state index in [0.29, 0.717) is 38.5 Å². The van der Waals surface area contributed by atoms with Crippen LogP contribution in [-0.4, -0.2) is 116 Å². The predicted molar refractivity (Wildman–Crippen MR) is 340 cm³/mol. The number of ether oxygens (including phenoxy) is 3. The molecule has 2 atom stereocenters. The van der Waals surface area contributed by atoms with Gasteiger partial charge in [0.25, 0.3) is 0 Å². The Morgan fingerprint density at radius 2 is 0.849 bits per heavy atom. The van der Waals surface area contributed by atoms with Gasteiger partial charge < -0.3 is 46.3 Å². The molecule has 1 aliphatic heterocycles. The molecule has 1 saturated heterocycles. The van der Waals surface area contributed by atoms with Crippen molar-refractivity contribution in [3.05, 3.63) is 217 Å². The molecular weight excluding hydrogens is 1080 g/mol. The quantitative estimate of drug-likeness (QED) is 0.0116. The molecule has 16 nitrogen and oxygen atoms in total. The first kappa shape index (κ1) is 65.0. The van der Waals surface area contributed by atoms with Gasteiger partial charge in [0.05, 0.1) is 17.6 Å². The van der Waals surface area contributed by atoms with E-state index in [1.54, 1.807) is 12.4 Å².